The zero-order valence-corrected chi connectivity index (χ0v) is 35.1. The van der Waals surface area contributed by atoms with Crippen molar-refractivity contribution >= 4 is 5.69 Å². The molecule has 47 heavy (non-hydrogen) atoms. The zero-order chi connectivity index (χ0) is 30.3. The van der Waals surface area contributed by atoms with E-state index in [1.165, 1.54) is 78.6 Å². The summed E-state index contributed by atoms with van der Waals surface area (Å²) in [6.07, 6.45) is 14.2. The second kappa shape index (κ2) is 20.7. The Balaban J connectivity index is 0.00000276. The van der Waals surface area contributed by atoms with Gasteiger partial charge in [-0.3, -0.25) is 4.98 Å². The maximum atomic E-state index is 5.88. The Morgan fingerprint density at radius 3 is 1.77 bits per heavy atom. The van der Waals surface area contributed by atoms with E-state index in [0.717, 1.165) is 43.2 Å². The van der Waals surface area contributed by atoms with E-state index >= 15 is 0 Å². The summed E-state index contributed by atoms with van der Waals surface area (Å²) in [6, 6.07) is 22.8. The molecule has 0 aliphatic heterocycles. The van der Waals surface area contributed by atoms with E-state index in [-0.39, 0.29) is 54.2 Å². The van der Waals surface area contributed by atoms with Gasteiger partial charge in [-0.1, -0.05) is 139 Å². The van der Waals surface area contributed by atoms with Crippen LogP contribution in [0.3, 0.4) is 0 Å². The summed E-state index contributed by atoms with van der Waals surface area (Å²) in [7, 11) is 0. The van der Waals surface area contributed by atoms with Crippen LogP contribution in [0.2, 0.25) is 0 Å². The van der Waals surface area contributed by atoms with Crippen molar-refractivity contribution in [1.29, 1.82) is 0 Å². The van der Waals surface area contributed by atoms with Crippen LogP contribution in [0, 0.1) is 34.1 Å². The summed E-state index contributed by atoms with van der Waals surface area (Å²) in [5, 5.41) is 5.88. The summed E-state index contributed by atoms with van der Waals surface area (Å²) < 4.78 is 0. The van der Waals surface area contributed by atoms with Crippen LogP contribution < -0.4 is 0 Å². The van der Waals surface area contributed by atoms with Gasteiger partial charge in [0, 0.05) is 43.1 Å². The number of pyridine rings is 1. The van der Waals surface area contributed by atoms with Gasteiger partial charge in [0.25, 0.3) is 0 Å². The molecule has 4 atom stereocenters. The number of aromatic nitrogens is 1. The average molecular weight is 802 g/mol. The van der Waals surface area contributed by atoms with Crippen molar-refractivity contribution in [3.63, 3.8) is 0 Å². The van der Waals surface area contributed by atoms with E-state index in [0.29, 0.717) is 23.7 Å². The maximum absolute atomic E-state index is 5.88. The second-order valence-corrected chi connectivity index (χ2v) is 13.9. The van der Waals surface area contributed by atoms with E-state index in [1.807, 2.05) is 0 Å². The third-order valence-electron chi connectivity index (χ3n) is 11.1. The van der Waals surface area contributed by atoms with Gasteiger partial charge in [0.05, 0.1) is 0 Å². The largest absolute Gasteiger partial charge is 0.673 e. The van der Waals surface area contributed by atoms with Crippen molar-refractivity contribution in [2.75, 3.05) is 0 Å². The molecule has 0 N–H and O–H groups in total. The maximum Gasteiger partial charge on any atom is 0.0440 e. The molecule has 0 amide bonds. The van der Waals surface area contributed by atoms with Crippen molar-refractivity contribution in [3.8, 4) is 0 Å². The van der Waals surface area contributed by atoms with Crippen molar-refractivity contribution in [2.24, 2.45) is 11.8 Å². The van der Waals surface area contributed by atoms with Crippen molar-refractivity contribution in [3.05, 3.63) is 122 Å². The molecule has 0 spiro atoms. The molecule has 2 aliphatic carbocycles. The molecule has 2 saturated carbocycles. The number of rotatable bonds is 12. The van der Waals surface area contributed by atoms with Gasteiger partial charge in [0.15, 0.2) is 0 Å². The first kappa shape index (κ1) is 43.3. The summed E-state index contributed by atoms with van der Waals surface area (Å²) in [5.41, 5.74) is 9.24. The van der Waals surface area contributed by atoms with Crippen LogP contribution in [0.25, 0.3) is 5.32 Å². The predicted octanol–water partition coefficient (Wildman–Crippen LogP) is 14.2. The van der Waals surface area contributed by atoms with Crippen molar-refractivity contribution < 1.29 is 25.8 Å². The van der Waals surface area contributed by atoms with Gasteiger partial charge in [-0.15, -0.1) is 5.69 Å². The molecule has 5 rings (SSSR count). The number of hydrogen-bond donors (Lipinski definition) is 0. The first-order chi connectivity index (χ1) is 21.0. The molecular weight excluding hydrogens is 735 g/mol. The molecule has 2 fully saturated rings. The monoisotopic (exact) mass is 802 g/mol. The molecule has 0 bridgehead atoms. The predicted molar refractivity (Wildman–Crippen MR) is 204 cm³/mol. The van der Waals surface area contributed by atoms with Crippen LogP contribution in [-0.2, 0) is 25.8 Å². The number of nitrogens with zero attached hydrogens (tertiary/aromatic N) is 2. The standard InChI is InChI=1S/C41H57N2.3CH3.Hf/c1-7-29(8-2)34-23-16-24-35(30(9-3)10-4)40(34)43-41(37-22-14-13-20-32(37)28(5)6)39-27-17-26-38(42-39)36-25-15-19-31-18-11-12-21-33(31)36;;;;/h13-14,16-17,20,22-24,26-31,33,36,41H,7-12,15,18-19,21,25H2,1-6H3;3*1H3;/q4*-1;. The number of fused-ring (bicyclic) bond motifs is 1. The summed E-state index contributed by atoms with van der Waals surface area (Å²) >= 11 is 0. The molecule has 3 heteroatoms. The van der Waals surface area contributed by atoms with Gasteiger partial charge in [-0.2, -0.15) is 0 Å². The van der Waals surface area contributed by atoms with Gasteiger partial charge < -0.3 is 27.6 Å². The Morgan fingerprint density at radius 1 is 0.638 bits per heavy atom. The molecule has 2 nitrogen and oxygen atoms in total. The topological polar surface area (TPSA) is 27.0 Å². The molecule has 4 unspecified atom stereocenters. The van der Waals surface area contributed by atoms with E-state index in [4.69, 9.17) is 10.3 Å². The Labute approximate surface area is 310 Å². The molecule has 0 radical (unpaired) electrons. The molecule has 1 aromatic heterocycles. The van der Waals surface area contributed by atoms with Gasteiger partial charge in [0.1, 0.15) is 0 Å². The normalized spacial score (nSPS) is 19.5. The zero-order valence-electron chi connectivity index (χ0n) is 31.5. The Hall–Kier alpha value is -1.74. The molecule has 2 aliphatic rings. The van der Waals surface area contributed by atoms with Crippen LogP contribution in [0.4, 0.5) is 5.69 Å². The number of hydrogen-bond acceptors (Lipinski definition) is 1. The number of para-hydroxylation sites is 1. The minimum atomic E-state index is -0.118. The molecule has 3 aromatic rings. The molecule has 260 valence electrons. The van der Waals surface area contributed by atoms with Gasteiger partial charge in [0.2, 0.25) is 0 Å². The van der Waals surface area contributed by atoms with E-state index < -0.39 is 0 Å². The van der Waals surface area contributed by atoms with Crippen LogP contribution in [0.5, 0.6) is 0 Å². The van der Waals surface area contributed by atoms with Crippen molar-refractivity contribution in [1.82, 2.24) is 4.98 Å². The second-order valence-electron chi connectivity index (χ2n) is 13.9. The van der Waals surface area contributed by atoms with E-state index in [2.05, 4.69) is 102 Å². The van der Waals surface area contributed by atoms with Gasteiger partial charge in [-0.05, 0) is 91.9 Å². The van der Waals surface area contributed by atoms with Crippen molar-refractivity contribution in [2.45, 2.75) is 142 Å². The minimum absolute atomic E-state index is 0. The smallest absolute Gasteiger partial charge is 0.0440 e. The first-order valence-corrected chi connectivity index (χ1v) is 17.9. The van der Waals surface area contributed by atoms with E-state index in [1.54, 1.807) is 0 Å². The third-order valence-corrected chi connectivity index (χ3v) is 11.1. The Bertz CT molecular complexity index is 1280. The fraction of sp³-hybridized carbons (Fsp3) is 0.545. The molecule has 2 aromatic carbocycles. The molecule has 1 heterocycles. The fourth-order valence-electron chi connectivity index (χ4n) is 8.69. The van der Waals surface area contributed by atoms with Gasteiger partial charge in [-0.25, -0.2) is 0 Å². The Kier molecular flexibility index (Phi) is 19.1. The quantitative estimate of drug-likeness (QED) is 0.132. The molecular formula is C44H66HfN2-4. The average Bonchev–Trinajstić information content (AvgIpc) is 3.05. The SMILES string of the molecule is CCC(CC)c1cccc(C(CC)CC)c1[N-]C(c1cccc(C2CCCC3CCCCC32)n1)c1ccccc1C(C)C.[CH3-].[CH3-].[CH3-].[Hf]. The third kappa shape index (κ3) is 9.70. The van der Waals surface area contributed by atoms with Crippen LogP contribution in [0.1, 0.15) is 176 Å². The fourth-order valence-corrected chi connectivity index (χ4v) is 8.69. The van der Waals surface area contributed by atoms with E-state index in [9.17, 15) is 0 Å². The van der Waals surface area contributed by atoms with Crippen LogP contribution in [0.15, 0.2) is 60.7 Å². The number of benzene rings is 2. The summed E-state index contributed by atoms with van der Waals surface area (Å²) in [5.74, 6) is 3.75. The minimum Gasteiger partial charge on any atom is -0.673 e. The molecule has 0 saturated heterocycles. The summed E-state index contributed by atoms with van der Waals surface area (Å²) in [6.45, 7) is 14.0. The first-order valence-electron chi connectivity index (χ1n) is 17.9. The Morgan fingerprint density at radius 2 is 1.17 bits per heavy atom. The van der Waals surface area contributed by atoms with Crippen LogP contribution in [-0.4, -0.2) is 4.98 Å². The van der Waals surface area contributed by atoms with Gasteiger partial charge >= 0.3 is 0 Å². The van der Waals surface area contributed by atoms with Crippen LogP contribution >= 0.6 is 0 Å². The summed E-state index contributed by atoms with van der Waals surface area (Å²) in [4.78, 5) is 5.60.